The molecule has 0 fully saturated rings. The molecule has 20 heavy (non-hydrogen) atoms. The number of rotatable bonds is 3. The maximum Gasteiger partial charge on any atom is 0.338 e. The molecule has 0 bridgehead atoms. The van der Waals surface area contributed by atoms with Crippen LogP contribution >= 0.6 is 34.5 Å². The molecular weight excluding hydrogens is 327 g/mol. The molecule has 3 N–H and O–H groups in total. The highest BCUT2D eigenvalue weighted by Crippen LogP contribution is 2.27. The number of amides is 2. The van der Waals surface area contributed by atoms with E-state index < -0.39 is 12.0 Å². The lowest BCUT2D eigenvalue weighted by molar-refractivity contribution is 0.0698. The van der Waals surface area contributed by atoms with Gasteiger partial charge in [0.25, 0.3) is 0 Å². The first kappa shape index (κ1) is 14.5. The number of nitrogens with one attached hydrogen (secondary N) is 2. The summed E-state index contributed by atoms with van der Waals surface area (Å²) in [5.41, 5.74) is 0.0356. The number of anilines is 2. The Morgan fingerprint density at radius 1 is 1.20 bits per heavy atom. The summed E-state index contributed by atoms with van der Waals surface area (Å²) in [5, 5.41) is 15.4. The van der Waals surface area contributed by atoms with Crippen LogP contribution in [0.2, 0.25) is 10.3 Å². The van der Waals surface area contributed by atoms with Gasteiger partial charge >= 0.3 is 12.0 Å². The number of hydrogen-bond acceptors (Lipinski definition) is 5. The van der Waals surface area contributed by atoms with Gasteiger partial charge in [-0.15, -0.1) is 11.3 Å². The number of carboxylic acids is 1. The number of thiophene rings is 1. The topological polar surface area (TPSA) is 104 Å². The zero-order chi connectivity index (χ0) is 14.7. The number of halogens is 2. The second-order valence-corrected chi connectivity index (χ2v) is 5.01. The highest BCUT2D eigenvalue weighted by molar-refractivity contribution is 7.14. The lowest BCUT2D eigenvalue weighted by atomic mass is 10.3. The Kier molecular flexibility index (Phi) is 4.38. The van der Waals surface area contributed by atoms with Crippen LogP contribution in [0.5, 0.6) is 0 Å². The van der Waals surface area contributed by atoms with Gasteiger partial charge in [-0.05, 0) is 11.4 Å². The third-order valence-corrected chi connectivity index (χ3v) is 3.52. The molecule has 0 spiro atoms. The molecule has 0 aliphatic heterocycles. The van der Waals surface area contributed by atoms with E-state index >= 15 is 0 Å². The molecule has 2 heterocycles. The first-order valence-electron chi connectivity index (χ1n) is 5.04. The van der Waals surface area contributed by atoms with Gasteiger partial charge in [0.1, 0.15) is 17.0 Å². The van der Waals surface area contributed by atoms with Crippen molar-refractivity contribution in [1.29, 1.82) is 0 Å². The summed E-state index contributed by atoms with van der Waals surface area (Å²) in [4.78, 5) is 30.0. The molecule has 0 aliphatic carbocycles. The fraction of sp³-hybridized carbons (Fsp3) is 0. The summed E-state index contributed by atoms with van der Waals surface area (Å²) < 4.78 is 0. The van der Waals surface area contributed by atoms with Crippen LogP contribution in [0, 0.1) is 0 Å². The average Bonchev–Trinajstić information content (AvgIpc) is 2.82. The fourth-order valence-electron chi connectivity index (χ4n) is 1.27. The van der Waals surface area contributed by atoms with Gasteiger partial charge < -0.3 is 10.4 Å². The fourth-order valence-corrected chi connectivity index (χ4v) is 2.45. The number of carboxylic acid groups (broad SMARTS) is 1. The van der Waals surface area contributed by atoms with E-state index in [4.69, 9.17) is 28.3 Å². The molecule has 0 atom stereocenters. The second kappa shape index (κ2) is 6.04. The molecule has 0 unspecified atom stereocenters. The number of carbonyl (C=O) groups is 2. The van der Waals surface area contributed by atoms with Crippen molar-refractivity contribution in [2.45, 2.75) is 0 Å². The van der Waals surface area contributed by atoms with Crippen LogP contribution in [0.15, 0.2) is 17.8 Å². The molecule has 2 amide bonds. The predicted molar refractivity (Wildman–Crippen MR) is 76.0 cm³/mol. The van der Waals surface area contributed by atoms with Gasteiger partial charge in [-0.3, -0.25) is 5.32 Å². The number of aromatic nitrogens is 2. The van der Waals surface area contributed by atoms with Crippen molar-refractivity contribution in [3.63, 3.8) is 0 Å². The number of urea groups is 1. The Morgan fingerprint density at radius 2 is 1.85 bits per heavy atom. The van der Waals surface area contributed by atoms with Crippen LogP contribution < -0.4 is 10.6 Å². The molecule has 2 rings (SSSR count). The minimum absolute atomic E-state index is 0.00773. The average molecular weight is 333 g/mol. The van der Waals surface area contributed by atoms with Crippen LogP contribution in [0.4, 0.5) is 15.5 Å². The maximum absolute atomic E-state index is 11.8. The standard InChI is InChI=1S/C10H6Cl2N4O3S/c11-6-5(7(12)14-3-13-6)15-10(19)16-8-4(9(17)18)1-2-20-8/h1-3H,(H,17,18)(H2,15,16,19). The quantitative estimate of drug-likeness (QED) is 0.748. The van der Waals surface area contributed by atoms with Crippen molar-refractivity contribution in [2.75, 3.05) is 10.6 Å². The third kappa shape index (κ3) is 3.16. The van der Waals surface area contributed by atoms with Gasteiger partial charge in [-0.1, -0.05) is 23.2 Å². The first-order valence-corrected chi connectivity index (χ1v) is 6.67. The largest absolute Gasteiger partial charge is 0.478 e. The van der Waals surface area contributed by atoms with Crippen molar-refractivity contribution in [3.8, 4) is 0 Å². The second-order valence-electron chi connectivity index (χ2n) is 3.38. The minimum atomic E-state index is -1.14. The smallest absolute Gasteiger partial charge is 0.338 e. The van der Waals surface area contributed by atoms with Gasteiger partial charge in [-0.25, -0.2) is 19.6 Å². The van der Waals surface area contributed by atoms with E-state index in [-0.39, 0.29) is 26.6 Å². The molecule has 104 valence electrons. The van der Waals surface area contributed by atoms with E-state index in [1.807, 2.05) is 0 Å². The summed E-state index contributed by atoms with van der Waals surface area (Å²) in [5.74, 6) is -1.14. The van der Waals surface area contributed by atoms with E-state index in [1.165, 1.54) is 6.07 Å². The van der Waals surface area contributed by atoms with Crippen molar-refractivity contribution in [1.82, 2.24) is 9.97 Å². The van der Waals surface area contributed by atoms with Crippen LogP contribution in [0.25, 0.3) is 0 Å². The number of nitrogens with zero attached hydrogens (tertiary/aromatic N) is 2. The van der Waals surface area contributed by atoms with E-state index in [1.54, 1.807) is 5.38 Å². The Morgan fingerprint density at radius 3 is 2.45 bits per heavy atom. The van der Waals surface area contributed by atoms with Crippen molar-refractivity contribution >= 4 is 57.2 Å². The number of hydrogen-bond donors (Lipinski definition) is 3. The first-order chi connectivity index (χ1) is 9.49. The van der Waals surface area contributed by atoms with Gasteiger partial charge in [0.15, 0.2) is 10.3 Å². The Bertz CT molecular complexity index is 656. The van der Waals surface area contributed by atoms with Crippen LogP contribution in [-0.2, 0) is 0 Å². The third-order valence-electron chi connectivity index (χ3n) is 2.12. The van der Waals surface area contributed by atoms with Gasteiger partial charge in [0.2, 0.25) is 0 Å². The normalized spacial score (nSPS) is 10.1. The van der Waals surface area contributed by atoms with Crippen LogP contribution in [0.3, 0.4) is 0 Å². The lowest BCUT2D eigenvalue weighted by Gasteiger charge is -2.08. The highest BCUT2D eigenvalue weighted by atomic mass is 35.5. The molecule has 0 aromatic carbocycles. The van der Waals surface area contributed by atoms with Gasteiger partial charge in [0.05, 0.1) is 5.56 Å². The van der Waals surface area contributed by atoms with E-state index in [0.717, 1.165) is 17.7 Å². The Hall–Kier alpha value is -1.90. The van der Waals surface area contributed by atoms with Crippen molar-refractivity contribution in [3.05, 3.63) is 33.6 Å². The molecule has 0 saturated heterocycles. The number of aromatic carboxylic acids is 1. The SMILES string of the molecule is O=C(Nc1sccc1C(=O)O)Nc1c(Cl)ncnc1Cl. The number of carbonyl (C=O) groups excluding carboxylic acids is 1. The zero-order valence-electron chi connectivity index (χ0n) is 9.55. The summed E-state index contributed by atoms with van der Waals surface area (Å²) in [6.07, 6.45) is 1.15. The molecule has 10 heteroatoms. The minimum Gasteiger partial charge on any atom is -0.478 e. The van der Waals surface area contributed by atoms with Gasteiger partial charge in [0, 0.05) is 0 Å². The summed E-state index contributed by atoms with van der Waals surface area (Å²) >= 11 is 12.6. The Labute approximate surface area is 126 Å². The zero-order valence-corrected chi connectivity index (χ0v) is 11.9. The summed E-state index contributed by atoms with van der Waals surface area (Å²) in [7, 11) is 0. The molecule has 2 aromatic heterocycles. The molecule has 2 aromatic rings. The summed E-state index contributed by atoms with van der Waals surface area (Å²) in [6, 6.07) is 0.683. The van der Waals surface area contributed by atoms with Crippen LogP contribution in [0.1, 0.15) is 10.4 Å². The van der Waals surface area contributed by atoms with Crippen molar-refractivity contribution in [2.24, 2.45) is 0 Å². The lowest BCUT2D eigenvalue weighted by Crippen LogP contribution is -2.20. The maximum atomic E-state index is 11.8. The van der Waals surface area contributed by atoms with E-state index in [9.17, 15) is 9.59 Å². The molecule has 7 nitrogen and oxygen atoms in total. The van der Waals surface area contributed by atoms with E-state index in [2.05, 4.69) is 20.6 Å². The molecular formula is C10H6Cl2N4O3S. The van der Waals surface area contributed by atoms with Gasteiger partial charge in [-0.2, -0.15) is 0 Å². The summed E-state index contributed by atoms with van der Waals surface area (Å²) in [6.45, 7) is 0. The monoisotopic (exact) mass is 332 g/mol. The van der Waals surface area contributed by atoms with Crippen molar-refractivity contribution < 1.29 is 14.7 Å². The Balaban J connectivity index is 2.14. The van der Waals surface area contributed by atoms with E-state index in [0.29, 0.717) is 0 Å². The predicted octanol–water partition coefficient (Wildman–Crippen LogP) is 3.19. The molecule has 0 saturated carbocycles. The molecule has 0 radical (unpaired) electrons. The highest BCUT2D eigenvalue weighted by Gasteiger charge is 2.16. The van der Waals surface area contributed by atoms with Crippen LogP contribution in [-0.4, -0.2) is 27.1 Å². The molecule has 0 aliphatic rings.